The van der Waals surface area contributed by atoms with E-state index in [-0.39, 0.29) is 35.7 Å². The van der Waals surface area contributed by atoms with Crippen LogP contribution in [-0.4, -0.2) is 46.9 Å². The predicted octanol–water partition coefficient (Wildman–Crippen LogP) is 2.62. The third-order valence-corrected chi connectivity index (χ3v) is 5.15. The van der Waals surface area contributed by atoms with Crippen molar-refractivity contribution in [3.05, 3.63) is 62.5 Å². The van der Waals surface area contributed by atoms with E-state index in [2.05, 4.69) is 5.32 Å². The van der Waals surface area contributed by atoms with E-state index < -0.39 is 28.2 Å². The van der Waals surface area contributed by atoms with Crippen molar-refractivity contribution in [1.82, 2.24) is 5.32 Å². The fourth-order valence-electron chi connectivity index (χ4n) is 3.23. The lowest BCUT2D eigenvalue weighted by atomic mass is 9.80. The Morgan fingerprint density at radius 2 is 1.83 bits per heavy atom. The van der Waals surface area contributed by atoms with Gasteiger partial charge in [-0.15, -0.1) is 11.8 Å². The maximum absolute atomic E-state index is 12.9. The van der Waals surface area contributed by atoms with Crippen LogP contribution in [0, 0.1) is 10.1 Å². The van der Waals surface area contributed by atoms with E-state index in [1.54, 1.807) is 33.1 Å². The molecule has 162 valence electrons. The van der Waals surface area contributed by atoms with E-state index in [9.17, 15) is 24.8 Å². The molecule has 2 N–H and O–H groups in total. The molecule has 0 spiro atoms. The number of benzene rings is 1. The number of hydrogen-bond acceptors (Lipinski definition) is 9. The number of dihydropyridines is 1. The molecule has 1 aromatic carbocycles. The number of nitro groups is 1. The molecule has 1 aromatic rings. The Bertz CT molecular complexity index is 910. The van der Waals surface area contributed by atoms with Crippen LogP contribution in [0.5, 0.6) is 0 Å². The number of nitrogens with zero attached hydrogens (tertiary/aromatic N) is 1. The van der Waals surface area contributed by atoms with Crippen molar-refractivity contribution in [2.24, 2.45) is 0 Å². The van der Waals surface area contributed by atoms with Crippen molar-refractivity contribution in [3.63, 3.8) is 0 Å². The van der Waals surface area contributed by atoms with Gasteiger partial charge in [0.05, 0.1) is 40.9 Å². The number of rotatable bonds is 8. The third kappa shape index (κ3) is 4.82. The molecule has 0 radical (unpaired) electrons. The number of thioether (sulfide) groups is 1. The summed E-state index contributed by atoms with van der Waals surface area (Å²) < 4.78 is 10.4. The van der Waals surface area contributed by atoms with E-state index in [1.807, 2.05) is 0 Å². The van der Waals surface area contributed by atoms with E-state index in [0.717, 1.165) is 11.8 Å². The summed E-state index contributed by atoms with van der Waals surface area (Å²) in [7, 11) is 0. The molecule has 0 bridgehead atoms. The molecule has 2 atom stereocenters. The normalized spacial score (nSPS) is 17.3. The number of non-ortho nitro benzene ring substituents is 1. The average molecular weight is 436 g/mol. The Kier molecular flexibility index (Phi) is 8.01. The van der Waals surface area contributed by atoms with Crippen LogP contribution in [0.25, 0.3) is 0 Å². The lowest BCUT2D eigenvalue weighted by Crippen LogP contribution is -2.36. The molecule has 2 unspecified atom stereocenters. The van der Waals surface area contributed by atoms with Crippen LogP contribution in [0.3, 0.4) is 0 Å². The lowest BCUT2D eigenvalue weighted by molar-refractivity contribution is -0.384. The SMILES string of the molecule is CCOC(=O)C1=C(C)NC(C(O)SC)=C(C(=O)OCC)C1c1cccc([N+](=O)[O-])c1. The first-order chi connectivity index (χ1) is 14.3. The van der Waals surface area contributed by atoms with Gasteiger partial charge in [-0.25, -0.2) is 9.59 Å². The maximum Gasteiger partial charge on any atom is 0.336 e. The van der Waals surface area contributed by atoms with Crippen LogP contribution < -0.4 is 5.32 Å². The summed E-state index contributed by atoms with van der Waals surface area (Å²) in [5.74, 6) is -2.42. The molecule has 0 aromatic heterocycles. The summed E-state index contributed by atoms with van der Waals surface area (Å²) in [6, 6.07) is 5.67. The second-order valence-electron chi connectivity index (χ2n) is 6.31. The Hall–Kier alpha value is -2.85. The molecule has 0 saturated carbocycles. The van der Waals surface area contributed by atoms with Gasteiger partial charge in [0.15, 0.2) is 0 Å². The molecule has 0 aliphatic carbocycles. The predicted molar refractivity (Wildman–Crippen MR) is 111 cm³/mol. The highest BCUT2D eigenvalue weighted by Gasteiger charge is 2.40. The van der Waals surface area contributed by atoms with Crippen molar-refractivity contribution >= 4 is 29.4 Å². The summed E-state index contributed by atoms with van der Waals surface area (Å²) in [5.41, 5.74) is -0.289. The minimum absolute atomic E-state index is 0.00727. The first-order valence-corrected chi connectivity index (χ1v) is 10.6. The molecule has 9 nitrogen and oxygen atoms in total. The highest BCUT2D eigenvalue weighted by Crippen LogP contribution is 2.41. The number of hydrogen-bond donors (Lipinski definition) is 2. The minimum Gasteiger partial charge on any atom is -0.463 e. The largest absolute Gasteiger partial charge is 0.463 e. The molecule has 30 heavy (non-hydrogen) atoms. The number of carbonyl (C=O) groups is 2. The smallest absolute Gasteiger partial charge is 0.336 e. The summed E-state index contributed by atoms with van der Waals surface area (Å²) in [4.78, 5) is 36.4. The van der Waals surface area contributed by atoms with Crippen LogP contribution in [-0.2, 0) is 19.1 Å². The van der Waals surface area contributed by atoms with Gasteiger partial charge in [0.2, 0.25) is 0 Å². The van der Waals surface area contributed by atoms with Gasteiger partial charge in [-0.05, 0) is 32.6 Å². The number of esters is 2. The average Bonchev–Trinajstić information content (AvgIpc) is 2.72. The van der Waals surface area contributed by atoms with Gasteiger partial charge >= 0.3 is 11.9 Å². The van der Waals surface area contributed by atoms with E-state index in [1.165, 1.54) is 18.2 Å². The fourth-order valence-corrected chi connectivity index (χ4v) is 3.65. The number of carbonyl (C=O) groups excluding carboxylic acids is 2. The molecule has 0 saturated heterocycles. The van der Waals surface area contributed by atoms with Gasteiger partial charge in [-0.1, -0.05) is 12.1 Å². The van der Waals surface area contributed by atoms with Gasteiger partial charge in [-0.2, -0.15) is 0 Å². The van der Waals surface area contributed by atoms with Crippen LogP contribution in [0.1, 0.15) is 32.3 Å². The van der Waals surface area contributed by atoms with Gasteiger partial charge in [0.1, 0.15) is 5.44 Å². The molecule has 1 aliphatic rings. The first-order valence-electron chi connectivity index (χ1n) is 9.28. The molecule has 2 rings (SSSR count). The summed E-state index contributed by atoms with van der Waals surface area (Å²) >= 11 is 1.08. The zero-order valence-electron chi connectivity index (χ0n) is 17.1. The van der Waals surface area contributed by atoms with E-state index in [0.29, 0.717) is 11.3 Å². The van der Waals surface area contributed by atoms with Crippen LogP contribution in [0.15, 0.2) is 46.8 Å². The maximum atomic E-state index is 12.9. The molecule has 0 amide bonds. The fraction of sp³-hybridized carbons (Fsp3) is 0.400. The molecular weight excluding hydrogens is 412 g/mol. The number of aliphatic hydroxyl groups excluding tert-OH is 1. The Morgan fingerprint density at radius 3 is 2.37 bits per heavy atom. The van der Waals surface area contributed by atoms with Gasteiger partial charge in [-0.3, -0.25) is 10.1 Å². The zero-order chi connectivity index (χ0) is 22.4. The zero-order valence-corrected chi connectivity index (χ0v) is 17.9. The summed E-state index contributed by atoms with van der Waals surface area (Å²) in [6.45, 7) is 5.08. The van der Waals surface area contributed by atoms with Crippen LogP contribution in [0.4, 0.5) is 5.69 Å². The minimum atomic E-state index is -1.11. The summed E-state index contributed by atoms with van der Waals surface area (Å²) in [5, 5.41) is 24.7. The van der Waals surface area contributed by atoms with Gasteiger partial charge in [0.25, 0.3) is 5.69 Å². The van der Waals surface area contributed by atoms with E-state index in [4.69, 9.17) is 9.47 Å². The molecular formula is C20H24N2O7S. The van der Waals surface area contributed by atoms with Crippen molar-refractivity contribution in [1.29, 1.82) is 0 Å². The lowest BCUT2D eigenvalue weighted by Gasteiger charge is -2.32. The summed E-state index contributed by atoms with van der Waals surface area (Å²) in [6.07, 6.45) is 1.66. The van der Waals surface area contributed by atoms with Crippen molar-refractivity contribution in [3.8, 4) is 0 Å². The Balaban J connectivity index is 2.80. The highest BCUT2D eigenvalue weighted by atomic mass is 32.2. The number of nitrogens with one attached hydrogen (secondary N) is 1. The quantitative estimate of drug-likeness (QED) is 0.273. The van der Waals surface area contributed by atoms with Crippen molar-refractivity contribution in [2.45, 2.75) is 32.1 Å². The van der Waals surface area contributed by atoms with Crippen LogP contribution >= 0.6 is 11.8 Å². The van der Waals surface area contributed by atoms with Gasteiger partial charge < -0.3 is 19.9 Å². The topological polar surface area (TPSA) is 128 Å². The Morgan fingerprint density at radius 1 is 1.23 bits per heavy atom. The third-order valence-electron chi connectivity index (χ3n) is 4.47. The molecule has 1 aliphatic heterocycles. The second-order valence-corrected chi connectivity index (χ2v) is 7.22. The van der Waals surface area contributed by atoms with E-state index >= 15 is 0 Å². The first kappa shape index (κ1) is 23.4. The number of aliphatic hydroxyl groups is 1. The second kappa shape index (κ2) is 10.3. The number of allylic oxidation sites excluding steroid dienone is 1. The van der Waals surface area contributed by atoms with Crippen molar-refractivity contribution < 1.29 is 29.1 Å². The van der Waals surface area contributed by atoms with Gasteiger partial charge in [0, 0.05) is 17.8 Å². The number of ether oxygens (including phenoxy) is 2. The standard InChI is InChI=1S/C20H24N2O7S/c1-5-28-18(23)14-11(3)21-17(20(25)30-4)16(19(24)29-6-2)15(14)12-8-7-9-13(10-12)22(26)27/h7-10,15,20-21,25H,5-6H2,1-4H3. The molecule has 10 heteroatoms. The number of nitro benzene ring substituents is 1. The monoisotopic (exact) mass is 436 g/mol. The van der Waals surface area contributed by atoms with Crippen LogP contribution in [0.2, 0.25) is 0 Å². The highest BCUT2D eigenvalue weighted by molar-refractivity contribution is 7.99. The van der Waals surface area contributed by atoms with Crippen molar-refractivity contribution in [2.75, 3.05) is 19.5 Å². The Labute approximate surface area is 178 Å². The molecule has 1 heterocycles. The molecule has 0 fully saturated rings.